The summed E-state index contributed by atoms with van der Waals surface area (Å²) in [5.41, 5.74) is 1.35. The lowest BCUT2D eigenvalue weighted by Crippen LogP contribution is -2.37. The maximum atomic E-state index is 5.92. The Morgan fingerprint density at radius 1 is 1.17 bits per heavy atom. The maximum absolute atomic E-state index is 5.92. The molecule has 2 aliphatic rings. The fourth-order valence-electron chi connectivity index (χ4n) is 2.90. The monoisotopic (exact) mass is 246 g/mol. The third kappa shape index (κ3) is 2.85. The Kier molecular flexibility index (Phi) is 3.81. The van der Waals surface area contributed by atoms with Crippen LogP contribution in [0.2, 0.25) is 0 Å². The minimum absolute atomic E-state index is 0.323. The van der Waals surface area contributed by atoms with E-state index < -0.39 is 0 Å². The molecule has 98 valence electrons. The van der Waals surface area contributed by atoms with Crippen molar-refractivity contribution in [3.05, 3.63) is 29.8 Å². The molecular formula is C15H22N2O. The van der Waals surface area contributed by atoms with Gasteiger partial charge in [0.25, 0.3) is 0 Å². The second-order valence-corrected chi connectivity index (χ2v) is 5.40. The molecule has 1 aromatic carbocycles. The Morgan fingerprint density at radius 2 is 2.00 bits per heavy atom. The van der Waals surface area contributed by atoms with Crippen molar-refractivity contribution in [1.82, 2.24) is 10.6 Å². The highest BCUT2D eigenvalue weighted by atomic mass is 16.5. The van der Waals surface area contributed by atoms with Crippen molar-refractivity contribution in [2.45, 2.75) is 25.4 Å². The summed E-state index contributed by atoms with van der Waals surface area (Å²) in [6.45, 7) is 4.46. The first-order valence-corrected chi connectivity index (χ1v) is 7.08. The van der Waals surface area contributed by atoms with E-state index in [0.717, 1.165) is 31.2 Å². The van der Waals surface area contributed by atoms with E-state index >= 15 is 0 Å². The molecule has 3 heteroatoms. The fourth-order valence-corrected chi connectivity index (χ4v) is 2.90. The normalized spacial score (nSPS) is 23.7. The summed E-state index contributed by atoms with van der Waals surface area (Å²) >= 11 is 0. The molecule has 1 aromatic rings. The van der Waals surface area contributed by atoms with Gasteiger partial charge in [0.15, 0.2) is 0 Å². The van der Waals surface area contributed by atoms with Crippen LogP contribution in [0, 0.1) is 5.92 Å². The number of fused-ring (bicyclic) bond motifs is 1. The molecular weight excluding hydrogens is 224 g/mol. The first-order valence-electron chi connectivity index (χ1n) is 7.08. The standard InChI is InChI=1S/C15H22N2O/c1-2-4-15-13(3-1)9-14(18-15)11-17-10-12-5-7-16-8-6-12/h1-4,12,14,16-17H,5-11H2. The highest BCUT2D eigenvalue weighted by Crippen LogP contribution is 2.27. The second kappa shape index (κ2) is 5.72. The number of piperidine rings is 1. The molecule has 2 heterocycles. The van der Waals surface area contributed by atoms with Gasteiger partial charge in [0.1, 0.15) is 11.9 Å². The van der Waals surface area contributed by atoms with Gasteiger partial charge in [0.2, 0.25) is 0 Å². The van der Waals surface area contributed by atoms with E-state index in [2.05, 4.69) is 28.8 Å². The number of ether oxygens (including phenoxy) is 1. The summed E-state index contributed by atoms with van der Waals surface area (Å²) in [4.78, 5) is 0. The van der Waals surface area contributed by atoms with E-state index in [1.165, 1.54) is 31.5 Å². The summed E-state index contributed by atoms with van der Waals surface area (Å²) in [5.74, 6) is 1.92. The van der Waals surface area contributed by atoms with E-state index in [1.807, 2.05) is 6.07 Å². The largest absolute Gasteiger partial charge is 0.488 e. The Balaban J connectivity index is 1.40. The third-order valence-electron chi connectivity index (χ3n) is 3.98. The smallest absolute Gasteiger partial charge is 0.123 e. The predicted octanol–water partition coefficient (Wildman–Crippen LogP) is 1.58. The summed E-state index contributed by atoms with van der Waals surface area (Å²) in [6, 6.07) is 8.38. The van der Waals surface area contributed by atoms with Gasteiger partial charge in [0, 0.05) is 13.0 Å². The van der Waals surface area contributed by atoms with Crippen molar-refractivity contribution in [2.24, 2.45) is 5.92 Å². The fraction of sp³-hybridized carbons (Fsp3) is 0.600. The van der Waals surface area contributed by atoms with Crippen LogP contribution in [-0.4, -0.2) is 32.3 Å². The van der Waals surface area contributed by atoms with Crippen molar-refractivity contribution >= 4 is 0 Å². The zero-order valence-corrected chi connectivity index (χ0v) is 10.8. The molecule has 18 heavy (non-hydrogen) atoms. The van der Waals surface area contributed by atoms with Crippen molar-refractivity contribution in [3.63, 3.8) is 0 Å². The van der Waals surface area contributed by atoms with Crippen molar-refractivity contribution in [3.8, 4) is 5.75 Å². The Labute approximate surface area is 109 Å². The van der Waals surface area contributed by atoms with Gasteiger partial charge in [-0.15, -0.1) is 0 Å². The lowest BCUT2D eigenvalue weighted by Gasteiger charge is -2.23. The van der Waals surface area contributed by atoms with Crippen LogP contribution in [0.4, 0.5) is 0 Å². The Morgan fingerprint density at radius 3 is 2.83 bits per heavy atom. The quantitative estimate of drug-likeness (QED) is 0.846. The molecule has 1 saturated heterocycles. The maximum Gasteiger partial charge on any atom is 0.123 e. The molecule has 3 nitrogen and oxygen atoms in total. The van der Waals surface area contributed by atoms with Crippen molar-refractivity contribution in [1.29, 1.82) is 0 Å². The first kappa shape index (κ1) is 12.0. The average Bonchev–Trinajstić information content (AvgIpc) is 2.82. The van der Waals surface area contributed by atoms with Crippen LogP contribution < -0.4 is 15.4 Å². The molecule has 1 fully saturated rings. The molecule has 0 amide bonds. The van der Waals surface area contributed by atoms with Gasteiger partial charge in [-0.25, -0.2) is 0 Å². The Hall–Kier alpha value is -1.06. The SMILES string of the molecule is c1ccc2c(c1)CC(CNCC1CCNCC1)O2. The van der Waals surface area contributed by atoms with Gasteiger partial charge in [-0.3, -0.25) is 0 Å². The first-order chi connectivity index (χ1) is 8.92. The molecule has 1 unspecified atom stereocenters. The van der Waals surface area contributed by atoms with Gasteiger partial charge in [-0.2, -0.15) is 0 Å². The summed E-state index contributed by atoms with van der Waals surface area (Å²) in [6.07, 6.45) is 3.98. The Bertz CT molecular complexity index is 363. The van der Waals surface area contributed by atoms with Crippen LogP contribution in [0.5, 0.6) is 5.75 Å². The molecule has 1 atom stereocenters. The molecule has 0 radical (unpaired) electrons. The summed E-state index contributed by atoms with van der Waals surface area (Å²) < 4.78 is 5.92. The molecule has 0 spiro atoms. The van der Waals surface area contributed by atoms with Crippen LogP contribution in [0.3, 0.4) is 0 Å². The summed E-state index contributed by atoms with van der Waals surface area (Å²) in [5, 5.41) is 6.98. The van der Waals surface area contributed by atoms with Gasteiger partial charge >= 0.3 is 0 Å². The number of benzene rings is 1. The van der Waals surface area contributed by atoms with Crippen LogP contribution in [0.15, 0.2) is 24.3 Å². The van der Waals surface area contributed by atoms with Crippen LogP contribution in [-0.2, 0) is 6.42 Å². The van der Waals surface area contributed by atoms with E-state index in [1.54, 1.807) is 0 Å². The number of para-hydroxylation sites is 1. The number of rotatable bonds is 4. The summed E-state index contributed by atoms with van der Waals surface area (Å²) in [7, 11) is 0. The highest BCUT2D eigenvalue weighted by Gasteiger charge is 2.22. The molecule has 2 aliphatic heterocycles. The molecule has 0 aliphatic carbocycles. The predicted molar refractivity (Wildman–Crippen MR) is 73.0 cm³/mol. The van der Waals surface area contributed by atoms with Gasteiger partial charge < -0.3 is 15.4 Å². The number of hydrogen-bond donors (Lipinski definition) is 2. The number of nitrogens with one attached hydrogen (secondary N) is 2. The average molecular weight is 246 g/mol. The zero-order chi connectivity index (χ0) is 12.2. The molecule has 0 bridgehead atoms. The van der Waals surface area contributed by atoms with Crippen molar-refractivity contribution < 1.29 is 4.74 Å². The van der Waals surface area contributed by atoms with Gasteiger partial charge in [-0.1, -0.05) is 18.2 Å². The topological polar surface area (TPSA) is 33.3 Å². The molecule has 2 N–H and O–H groups in total. The highest BCUT2D eigenvalue weighted by molar-refractivity contribution is 5.37. The van der Waals surface area contributed by atoms with Gasteiger partial charge in [0.05, 0.1) is 0 Å². The van der Waals surface area contributed by atoms with Crippen LogP contribution in [0.25, 0.3) is 0 Å². The van der Waals surface area contributed by atoms with E-state index in [0.29, 0.717) is 6.10 Å². The number of hydrogen-bond acceptors (Lipinski definition) is 3. The van der Waals surface area contributed by atoms with E-state index in [4.69, 9.17) is 4.74 Å². The molecule has 0 aromatic heterocycles. The lowest BCUT2D eigenvalue weighted by molar-refractivity contribution is 0.221. The third-order valence-corrected chi connectivity index (χ3v) is 3.98. The van der Waals surface area contributed by atoms with Gasteiger partial charge in [-0.05, 0) is 50.0 Å². The van der Waals surface area contributed by atoms with Crippen molar-refractivity contribution in [2.75, 3.05) is 26.2 Å². The zero-order valence-electron chi connectivity index (χ0n) is 10.8. The lowest BCUT2D eigenvalue weighted by atomic mass is 9.98. The van der Waals surface area contributed by atoms with E-state index in [9.17, 15) is 0 Å². The minimum Gasteiger partial charge on any atom is -0.488 e. The molecule has 3 rings (SSSR count). The second-order valence-electron chi connectivity index (χ2n) is 5.40. The van der Waals surface area contributed by atoms with Crippen LogP contribution in [0.1, 0.15) is 18.4 Å². The molecule has 0 saturated carbocycles. The van der Waals surface area contributed by atoms with Crippen LogP contribution >= 0.6 is 0 Å². The van der Waals surface area contributed by atoms with E-state index in [-0.39, 0.29) is 0 Å². The minimum atomic E-state index is 0.323.